The summed E-state index contributed by atoms with van der Waals surface area (Å²) < 4.78 is 26.4. The molecular weight excluding hydrogens is 474 g/mol. The van der Waals surface area contributed by atoms with Crippen molar-refractivity contribution in [1.29, 1.82) is 0 Å². The zero-order valence-corrected chi connectivity index (χ0v) is 22.2. The molecule has 0 aliphatic heterocycles. The molecule has 0 spiro atoms. The van der Waals surface area contributed by atoms with E-state index in [2.05, 4.69) is 5.32 Å². The number of halogens is 1. The summed E-state index contributed by atoms with van der Waals surface area (Å²) >= 11 is 5.99. The molecule has 0 saturated carbocycles. The maximum absolute atomic E-state index is 13.5. The number of anilines is 1. The summed E-state index contributed by atoms with van der Waals surface area (Å²) in [4.78, 5) is 27.8. The summed E-state index contributed by atoms with van der Waals surface area (Å²) in [7, 11) is -3.76. The van der Waals surface area contributed by atoms with Gasteiger partial charge < -0.3 is 10.2 Å². The van der Waals surface area contributed by atoms with Gasteiger partial charge in [0, 0.05) is 17.6 Å². The molecule has 186 valence electrons. The van der Waals surface area contributed by atoms with Gasteiger partial charge in [0.2, 0.25) is 21.8 Å². The van der Waals surface area contributed by atoms with E-state index in [1.165, 1.54) is 4.90 Å². The molecule has 9 heteroatoms. The molecule has 0 aliphatic rings. The number of hydrogen-bond acceptors (Lipinski definition) is 4. The molecular formula is C25H34ClN3O4S. The Kier molecular flexibility index (Phi) is 9.53. The molecule has 0 aromatic heterocycles. The van der Waals surface area contributed by atoms with Gasteiger partial charge in [0.15, 0.2) is 0 Å². The van der Waals surface area contributed by atoms with Crippen molar-refractivity contribution in [2.45, 2.75) is 59.7 Å². The number of aryl methyl sites for hydroxylation is 2. The first kappa shape index (κ1) is 27.7. The van der Waals surface area contributed by atoms with E-state index in [1.807, 2.05) is 26.8 Å². The van der Waals surface area contributed by atoms with Crippen LogP contribution in [0.4, 0.5) is 5.69 Å². The first-order valence-electron chi connectivity index (χ1n) is 11.2. The number of sulfonamides is 1. The van der Waals surface area contributed by atoms with Crippen LogP contribution in [0.5, 0.6) is 0 Å². The zero-order valence-electron chi connectivity index (χ0n) is 20.6. The maximum atomic E-state index is 13.5. The van der Waals surface area contributed by atoms with Crippen LogP contribution >= 0.6 is 11.6 Å². The van der Waals surface area contributed by atoms with Gasteiger partial charge in [-0.05, 0) is 63.4 Å². The molecule has 0 bridgehead atoms. The molecule has 7 nitrogen and oxygen atoms in total. The SMILES string of the molecule is CC[C@H](C)NC(=O)[C@H](C)N(Cc1ccc(Cl)cc1)C(=O)CN(c1ccc(C)cc1C)S(C)(=O)=O. The first-order chi connectivity index (χ1) is 15.8. The van der Waals surface area contributed by atoms with Crippen LogP contribution in [-0.4, -0.2) is 50.0 Å². The zero-order chi connectivity index (χ0) is 25.6. The monoisotopic (exact) mass is 507 g/mol. The Labute approximate surface area is 208 Å². The Morgan fingerprint density at radius 3 is 2.21 bits per heavy atom. The number of rotatable bonds is 10. The summed E-state index contributed by atoms with van der Waals surface area (Å²) in [6.45, 7) is 8.93. The van der Waals surface area contributed by atoms with Gasteiger partial charge in [0.05, 0.1) is 11.9 Å². The Bertz CT molecular complexity index is 1120. The molecule has 0 unspecified atom stereocenters. The highest BCUT2D eigenvalue weighted by atomic mass is 35.5. The van der Waals surface area contributed by atoms with Gasteiger partial charge in [-0.3, -0.25) is 13.9 Å². The van der Waals surface area contributed by atoms with Crippen molar-refractivity contribution >= 4 is 39.1 Å². The van der Waals surface area contributed by atoms with E-state index in [-0.39, 0.29) is 18.5 Å². The fourth-order valence-corrected chi connectivity index (χ4v) is 4.55. The number of hydrogen-bond donors (Lipinski definition) is 1. The summed E-state index contributed by atoms with van der Waals surface area (Å²) in [5.41, 5.74) is 2.94. The number of amides is 2. The van der Waals surface area contributed by atoms with Crippen molar-refractivity contribution in [2.24, 2.45) is 0 Å². The second-order valence-electron chi connectivity index (χ2n) is 8.70. The van der Waals surface area contributed by atoms with Crippen molar-refractivity contribution in [2.75, 3.05) is 17.1 Å². The molecule has 2 rings (SSSR count). The quantitative estimate of drug-likeness (QED) is 0.525. The third-order valence-electron chi connectivity index (χ3n) is 5.73. The van der Waals surface area contributed by atoms with Crippen molar-refractivity contribution in [1.82, 2.24) is 10.2 Å². The van der Waals surface area contributed by atoms with Gasteiger partial charge in [-0.1, -0.05) is 48.4 Å². The van der Waals surface area contributed by atoms with Crippen LogP contribution in [0.2, 0.25) is 5.02 Å². The van der Waals surface area contributed by atoms with Crippen LogP contribution in [-0.2, 0) is 26.2 Å². The van der Waals surface area contributed by atoms with Crippen LogP contribution in [0.3, 0.4) is 0 Å². The van der Waals surface area contributed by atoms with Crippen LogP contribution in [0.1, 0.15) is 43.9 Å². The first-order valence-corrected chi connectivity index (χ1v) is 13.4. The Balaban J connectivity index is 2.41. The molecule has 0 heterocycles. The van der Waals surface area contributed by atoms with Crippen molar-refractivity contribution in [3.8, 4) is 0 Å². The molecule has 0 saturated heterocycles. The van der Waals surface area contributed by atoms with E-state index in [9.17, 15) is 18.0 Å². The maximum Gasteiger partial charge on any atom is 0.244 e. The minimum absolute atomic E-state index is 0.0508. The van der Waals surface area contributed by atoms with Crippen molar-refractivity contribution in [3.63, 3.8) is 0 Å². The Morgan fingerprint density at radius 1 is 1.06 bits per heavy atom. The second-order valence-corrected chi connectivity index (χ2v) is 11.0. The summed E-state index contributed by atoms with van der Waals surface area (Å²) in [6, 6.07) is 11.5. The lowest BCUT2D eigenvalue weighted by atomic mass is 10.1. The summed E-state index contributed by atoms with van der Waals surface area (Å²) in [5, 5.41) is 3.46. The van der Waals surface area contributed by atoms with E-state index < -0.39 is 28.5 Å². The lowest BCUT2D eigenvalue weighted by molar-refractivity contribution is -0.139. The lowest BCUT2D eigenvalue weighted by Gasteiger charge is -2.32. The average molecular weight is 508 g/mol. The highest BCUT2D eigenvalue weighted by Crippen LogP contribution is 2.24. The minimum atomic E-state index is -3.76. The fraction of sp³-hybridized carbons (Fsp3) is 0.440. The van der Waals surface area contributed by atoms with Gasteiger partial charge >= 0.3 is 0 Å². The van der Waals surface area contributed by atoms with Crippen LogP contribution in [0, 0.1) is 13.8 Å². The molecule has 2 atom stereocenters. The van der Waals surface area contributed by atoms with Gasteiger partial charge in [-0.2, -0.15) is 0 Å². The lowest BCUT2D eigenvalue weighted by Crippen LogP contribution is -2.52. The third-order valence-corrected chi connectivity index (χ3v) is 7.11. The van der Waals surface area contributed by atoms with E-state index in [0.717, 1.165) is 33.7 Å². The third kappa shape index (κ3) is 7.46. The fourth-order valence-electron chi connectivity index (χ4n) is 3.51. The Morgan fingerprint density at radius 2 is 1.68 bits per heavy atom. The van der Waals surface area contributed by atoms with Crippen LogP contribution < -0.4 is 9.62 Å². The number of carbonyl (C=O) groups is 2. The number of benzene rings is 2. The molecule has 2 amide bonds. The molecule has 0 radical (unpaired) electrons. The van der Waals surface area contributed by atoms with Gasteiger partial charge in [0.25, 0.3) is 0 Å². The van der Waals surface area contributed by atoms with E-state index in [1.54, 1.807) is 50.2 Å². The second kappa shape index (κ2) is 11.7. The standard InChI is InChI=1S/C25H34ClN3O4S/c1-7-19(4)27-25(31)20(5)28(15-21-9-11-22(26)12-10-21)24(30)16-29(34(6,32)33)23-13-8-17(2)14-18(23)3/h8-14,19-20H,7,15-16H2,1-6H3,(H,27,31)/t19-,20-/m0/s1. The van der Waals surface area contributed by atoms with Gasteiger partial charge in [-0.15, -0.1) is 0 Å². The van der Waals surface area contributed by atoms with Gasteiger partial charge in [0.1, 0.15) is 12.6 Å². The smallest absolute Gasteiger partial charge is 0.244 e. The summed E-state index contributed by atoms with van der Waals surface area (Å²) in [6.07, 6.45) is 1.82. The van der Waals surface area contributed by atoms with E-state index >= 15 is 0 Å². The van der Waals surface area contributed by atoms with Crippen LogP contribution in [0.25, 0.3) is 0 Å². The largest absolute Gasteiger partial charge is 0.352 e. The predicted molar refractivity (Wildman–Crippen MR) is 137 cm³/mol. The van der Waals surface area contributed by atoms with E-state index in [0.29, 0.717) is 10.7 Å². The van der Waals surface area contributed by atoms with E-state index in [4.69, 9.17) is 11.6 Å². The highest BCUT2D eigenvalue weighted by molar-refractivity contribution is 7.92. The molecule has 2 aromatic rings. The Hall–Kier alpha value is -2.58. The number of carbonyl (C=O) groups excluding carboxylic acids is 2. The molecule has 34 heavy (non-hydrogen) atoms. The molecule has 2 aromatic carbocycles. The predicted octanol–water partition coefficient (Wildman–Crippen LogP) is 4.05. The molecule has 1 N–H and O–H groups in total. The summed E-state index contributed by atoms with van der Waals surface area (Å²) in [5.74, 6) is -0.777. The van der Waals surface area contributed by atoms with Gasteiger partial charge in [-0.25, -0.2) is 8.42 Å². The number of nitrogens with zero attached hydrogens (tertiary/aromatic N) is 2. The molecule has 0 aliphatic carbocycles. The normalized spacial score (nSPS) is 13.1. The number of nitrogens with one attached hydrogen (secondary N) is 1. The van der Waals surface area contributed by atoms with Crippen molar-refractivity contribution < 1.29 is 18.0 Å². The highest BCUT2D eigenvalue weighted by Gasteiger charge is 2.30. The van der Waals surface area contributed by atoms with Crippen LogP contribution in [0.15, 0.2) is 42.5 Å². The van der Waals surface area contributed by atoms with Crippen molar-refractivity contribution in [3.05, 3.63) is 64.2 Å². The minimum Gasteiger partial charge on any atom is -0.352 e. The topological polar surface area (TPSA) is 86.8 Å². The molecule has 0 fully saturated rings. The average Bonchev–Trinajstić information content (AvgIpc) is 2.76.